The number of nitrogens with two attached hydrogens (primary N) is 1. The molecule has 0 spiro atoms. The van der Waals surface area contributed by atoms with Crippen molar-refractivity contribution in [2.45, 2.75) is 19.8 Å². The summed E-state index contributed by atoms with van der Waals surface area (Å²) in [5.74, 6) is 1.17. The van der Waals surface area contributed by atoms with Crippen LogP contribution in [0.1, 0.15) is 18.9 Å². The van der Waals surface area contributed by atoms with Gasteiger partial charge >= 0.3 is 0 Å². The summed E-state index contributed by atoms with van der Waals surface area (Å²) in [5, 5.41) is 4.03. The minimum atomic E-state index is 0.396. The molecule has 0 fully saturated rings. The van der Waals surface area contributed by atoms with Gasteiger partial charge in [0.2, 0.25) is 5.88 Å². The van der Waals surface area contributed by atoms with E-state index in [1.807, 2.05) is 24.3 Å². The molecule has 2 rings (SSSR count). The molecule has 17 heavy (non-hydrogen) atoms. The largest absolute Gasteiger partial charge is 0.496 e. The smallest absolute Gasteiger partial charge is 0.225 e. The maximum atomic E-state index is 5.79. The van der Waals surface area contributed by atoms with Crippen LogP contribution in [-0.4, -0.2) is 12.3 Å². The number of nitrogens with zero attached hydrogens (tertiary/aromatic N) is 1. The number of hydrogen-bond acceptors (Lipinski definition) is 4. The van der Waals surface area contributed by atoms with Crippen LogP contribution in [0.25, 0.3) is 11.3 Å². The van der Waals surface area contributed by atoms with Crippen LogP contribution in [0.4, 0.5) is 5.88 Å². The van der Waals surface area contributed by atoms with E-state index in [0.29, 0.717) is 5.88 Å². The zero-order valence-electron chi connectivity index (χ0n) is 10.1. The molecule has 0 saturated carbocycles. The molecule has 4 heteroatoms. The number of hydrogen-bond donors (Lipinski definition) is 1. The van der Waals surface area contributed by atoms with Gasteiger partial charge < -0.3 is 15.0 Å². The Morgan fingerprint density at radius 3 is 2.82 bits per heavy atom. The molecule has 2 aromatic rings. The number of aromatic nitrogens is 1. The van der Waals surface area contributed by atoms with Crippen molar-refractivity contribution in [2.24, 2.45) is 0 Å². The van der Waals surface area contributed by atoms with E-state index >= 15 is 0 Å². The fourth-order valence-corrected chi connectivity index (χ4v) is 1.87. The van der Waals surface area contributed by atoms with Gasteiger partial charge in [0.05, 0.1) is 7.11 Å². The summed E-state index contributed by atoms with van der Waals surface area (Å²) in [6, 6.07) is 7.72. The third kappa shape index (κ3) is 2.11. The van der Waals surface area contributed by atoms with Gasteiger partial charge in [-0.25, -0.2) is 0 Å². The highest BCUT2D eigenvalue weighted by molar-refractivity contribution is 5.72. The van der Waals surface area contributed by atoms with Gasteiger partial charge in [0.25, 0.3) is 0 Å². The average molecular weight is 232 g/mol. The Morgan fingerprint density at radius 1 is 1.35 bits per heavy atom. The normalized spacial score (nSPS) is 10.5. The highest BCUT2D eigenvalue weighted by atomic mass is 16.5. The number of para-hydroxylation sites is 1. The third-order valence-corrected chi connectivity index (χ3v) is 2.68. The highest BCUT2D eigenvalue weighted by Gasteiger charge is 2.17. The second-order valence-electron chi connectivity index (χ2n) is 3.82. The molecule has 4 nitrogen and oxygen atoms in total. The summed E-state index contributed by atoms with van der Waals surface area (Å²) in [4.78, 5) is 0. The first kappa shape index (κ1) is 11.5. The first-order chi connectivity index (χ1) is 8.27. The first-order valence-corrected chi connectivity index (χ1v) is 5.65. The number of methoxy groups -OCH3 is 1. The van der Waals surface area contributed by atoms with E-state index in [-0.39, 0.29) is 0 Å². The van der Waals surface area contributed by atoms with Crippen LogP contribution in [-0.2, 0) is 6.42 Å². The van der Waals surface area contributed by atoms with Crippen LogP contribution in [0.3, 0.4) is 0 Å². The molecule has 0 aliphatic carbocycles. The number of rotatable bonds is 4. The Labute approximate surface area is 100 Å². The van der Waals surface area contributed by atoms with Crippen molar-refractivity contribution in [1.82, 2.24) is 5.16 Å². The molecular weight excluding hydrogens is 216 g/mol. The van der Waals surface area contributed by atoms with E-state index in [1.54, 1.807) is 7.11 Å². The van der Waals surface area contributed by atoms with Crippen LogP contribution in [0.5, 0.6) is 5.75 Å². The molecule has 0 saturated heterocycles. The van der Waals surface area contributed by atoms with Gasteiger partial charge in [0.15, 0.2) is 0 Å². The SMILES string of the molecule is CCCc1c(-c2ccccc2OC)noc1N. The average Bonchev–Trinajstić information content (AvgIpc) is 2.72. The Kier molecular flexibility index (Phi) is 3.32. The Balaban J connectivity index is 2.52. The van der Waals surface area contributed by atoms with Gasteiger partial charge in [-0.1, -0.05) is 30.6 Å². The minimum absolute atomic E-state index is 0.396. The van der Waals surface area contributed by atoms with Crippen molar-refractivity contribution < 1.29 is 9.26 Å². The number of ether oxygens (including phenoxy) is 1. The predicted octanol–water partition coefficient (Wildman–Crippen LogP) is 2.88. The fraction of sp³-hybridized carbons (Fsp3) is 0.308. The summed E-state index contributed by atoms with van der Waals surface area (Å²) in [7, 11) is 1.64. The lowest BCUT2D eigenvalue weighted by Gasteiger charge is -2.06. The van der Waals surface area contributed by atoms with E-state index < -0.39 is 0 Å². The summed E-state index contributed by atoms with van der Waals surface area (Å²) in [5.41, 5.74) is 8.44. The van der Waals surface area contributed by atoms with E-state index in [2.05, 4.69) is 12.1 Å². The molecule has 0 atom stereocenters. The molecule has 2 N–H and O–H groups in total. The molecule has 1 aromatic heterocycles. The summed E-state index contributed by atoms with van der Waals surface area (Å²) in [6.07, 6.45) is 1.84. The summed E-state index contributed by atoms with van der Waals surface area (Å²) < 4.78 is 10.4. The Hall–Kier alpha value is -1.97. The fourth-order valence-electron chi connectivity index (χ4n) is 1.87. The molecule has 0 aliphatic rings. The summed E-state index contributed by atoms with van der Waals surface area (Å²) in [6.45, 7) is 2.10. The lowest BCUT2D eigenvalue weighted by Crippen LogP contribution is -1.93. The van der Waals surface area contributed by atoms with Crippen molar-refractivity contribution in [3.05, 3.63) is 29.8 Å². The van der Waals surface area contributed by atoms with Crippen LogP contribution in [0.15, 0.2) is 28.8 Å². The second kappa shape index (κ2) is 4.91. The monoisotopic (exact) mass is 232 g/mol. The quantitative estimate of drug-likeness (QED) is 0.880. The standard InChI is InChI=1S/C13H16N2O2/c1-3-6-10-12(15-17-13(10)14)9-7-4-5-8-11(9)16-2/h4-5,7-8H,3,6,14H2,1-2H3. The molecule has 1 heterocycles. The zero-order valence-corrected chi connectivity index (χ0v) is 10.1. The molecule has 0 amide bonds. The van der Waals surface area contributed by atoms with Crippen molar-refractivity contribution in [3.8, 4) is 17.0 Å². The predicted molar refractivity (Wildman–Crippen MR) is 66.9 cm³/mol. The van der Waals surface area contributed by atoms with Crippen LogP contribution in [0.2, 0.25) is 0 Å². The molecule has 1 aromatic carbocycles. The molecule has 0 aliphatic heterocycles. The van der Waals surface area contributed by atoms with Gasteiger partial charge in [0, 0.05) is 11.1 Å². The number of nitrogen functional groups attached to an aromatic ring is 1. The van der Waals surface area contributed by atoms with Gasteiger partial charge in [0.1, 0.15) is 11.4 Å². The van der Waals surface area contributed by atoms with Crippen molar-refractivity contribution in [3.63, 3.8) is 0 Å². The lowest BCUT2D eigenvalue weighted by atomic mass is 10.0. The Bertz CT molecular complexity index is 506. The lowest BCUT2D eigenvalue weighted by molar-refractivity contribution is 0.414. The zero-order chi connectivity index (χ0) is 12.3. The van der Waals surface area contributed by atoms with Crippen LogP contribution >= 0.6 is 0 Å². The van der Waals surface area contributed by atoms with Crippen molar-refractivity contribution in [1.29, 1.82) is 0 Å². The van der Waals surface area contributed by atoms with Crippen molar-refractivity contribution >= 4 is 5.88 Å². The molecule has 0 radical (unpaired) electrons. The third-order valence-electron chi connectivity index (χ3n) is 2.68. The van der Waals surface area contributed by atoms with E-state index in [4.69, 9.17) is 15.0 Å². The second-order valence-corrected chi connectivity index (χ2v) is 3.82. The minimum Gasteiger partial charge on any atom is -0.496 e. The molecular formula is C13H16N2O2. The summed E-state index contributed by atoms with van der Waals surface area (Å²) >= 11 is 0. The van der Waals surface area contributed by atoms with Gasteiger partial charge in [-0.3, -0.25) is 0 Å². The molecule has 0 unspecified atom stereocenters. The van der Waals surface area contributed by atoms with E-state index in [1.165, 1.54) is 0 Å². The molecule has 0 bridgehead atoms. The van der Waals surface area contributed by atoms with E-state index in [0.717, 1.165) is 35.4 Å². The maximum absolute atomic E-state index is 5.79. The number of anilines is 1. The van der Waals surface area contributed by atoms with Gasteiger partial charge in [-0.15, -0.1) is 0 Å². The maximum Gasteiger partial charge on any atom is 0.225 e. The van der Waals surface area contributed by atoms with E-state index in [9.17, 15) is 0 Å². The topological polar surface area (TPSA) is 61.3 Å². The molecule has 90 valence electrons. The van der Waals surface area contributed by atoms with Crippen LogP contribution in [0, 0.1) is 0 Å². The van der Waals surface area contributed by atoms with Crippen molar-refractivity contribution in [2.75, 3.05) is 12.8 Å². The van der Waals surface area contributed by atoms with Gasteiger partial charge in [-0.05, 0) is 18.6 Å². The van der Waals surface area contributed by atoms with Gasteiger partial charge in [-0.2, -0.15) is 0 Å². The highest BCUT2D eigenvalue weighted by Crippen LogP contribution is 2.34. The van der Waals surface area contributed by atoms with Crippen LogP contribution < -0.4 is 10.5 Å². The number of benzene rings is 1. The Morgan fingerprint density at radius 2 is 2.12 bits per heavy atom. The first-order valence-electron chi connectivity index (χ1n) is 5.65.